The third kappa shape index (κ3) is 5.06. The lowest BCUT2D eigenvalue weighted by molar-refractivity contribution is -0.135. The highest BCUT2D eigenvalue weighted by Gasteiger charge is 2.27. The second-order valence-corrected chi connectivity index (χ2v) is 8.98. The minimum absolute atomic E-state index is 0.0517. The predicted octanol–water partition coefficient (Wildman–Crippen LogP) is 3.03. The first-order valence-electron chi connectivity index (χ1n) is 10.8. The number of aliphatic hydroxyl groups excluding tert-OH is 1. The number of carbonyl (C=O) groups is 2. The van der Waals surface area contributed by atoms with Gasteiger partial charge in [-0.3, -0.25) is 15.1 Å². The molecule has 1 aromatic carbocycles. The predicted molar refractivity (Wildman–Crippen MR) is 129 cm³/mol. The number of nitriles is 1. The number of carbonyl (C=O) groups excluding carboxylic acids is 2. The molecule has 1 saturated heterocycles. The zero-order valence-electron chi connectivity index (χ0n) is 18.9. The molecule has 2 N–H and O–H groups in total. The number of β-amino-alcohol motifs (C(OH)–C–C–N with tert-alkyl or cyclic N) is 1. The van der Waals surface area contributed by atoms with Gasteiger partial charge in [-0.1, -0.05) is 23.5 Å². The van der Waals surface area contributed by atoms with Gasteiger partial charge in [-0.05, 0) is 43.7 Å². The Labute approximate surface area is 201 Å². The molecule has 1 fully saturated rings. The van der Waals surface area contributed by atoms with Crippen molar-refractivity contribution in [3.8, 4) is 27.8 Å². The van der Waals surface area contributed by atoms with Gasteiger partial charge in [0.15, 0.2) is 5.13 Å². The molecule has 1 aliphatic rings. The minimum atomic E-state index is -0.406. The summed E-state index contributed by atoms with van der Waals surface area (Å²) >= 11 is 1.33. The number of nitrogens with one attached hydrogen (secondary N) is 1. The zero-order chi connectivity index (χ0) is 24.2. The van der Waals surface area contributed by atoms with Crippen molar-refractivity contribution >= 4 is 28.4 Å². The molecule has 1 aliphatic heterocycles. The molecule has 0 atom stereocenters. The van der Waals surface area contributed by atoms with Crippen LogP contribution in [0.2, 0.25) is 0 Å². The third-order valence-electron chi connectivity index (χ3n) is 5.43. The van der Waals surface area contributed by atoms with Crippen LogP contribution in [0.25, 0.3) is 21.7 Å². The van der Waals surface area contributed by atoms with Crippen LogP contribution in [0.15, 0.2) is 36.4 Å². The number of amides is 3. The molecule has 0 bridgehead atoms. The number of hydrogen-bond donors (Lipinski definition) is 2. The molecule has 9 nitrogen and oxygen atoms in total. The molecule has 0 saturated carbocycles. The molecule has 3 heterocycles. The molecule has 2 aromatic heterocycles. The van der Waals surface area contributed by atoms with Crippen molar-refractivity contribution in [2.45, 2.75) is 13.8 Å². The van der Waals surface area contributed by atoms with Crippen molar-refractivity contribution in [2.75, 3.05) is 38.1 Å². The van der Waals surface area contributed by atoms with Gasteiger partial charge in [0.25, 0.3) is 0 Å². The Morgan fingerprint density at radius 1 is 1.18 bits per heavy atom. The Kier molecular flexibility index (Phi) is 6.86. The van der Waals surface area contributed by atoms with E-state index in [2.05, 4.69) is 16.4 Å². The SMILES string of the molecule is Cc1cc(-c2sc(NC(=O)N3CCN(CCO)C(=O)C3)nc2-c2cccc(C#N)c2)cc(C)n1. The zero-order valence-corrected chi connectivity index (χ0v) is 19.7. The first kappa shape index (κ1) is 23.4. The van der Waals surface area contributed by atoms with E-state index in [1.807, 2.05) is 32.0 Å². The number of hydrogen-bond acceptors (Lipinski definition) is 7. The average Bonchev–Trinajstić information content (AvgIpc) is 3.23. The maximum Gasteiger partial charge on any atom is 0.324 e. The highest BCUT2D eigenvalue weighted by atomic mass is 32.1. The molecular weight excluding hydrogens is 452 g/mol. The molecule has 3 aromatic rings. The van der Waals surface area contributed by atoms with E-state index in [4.69, 9.17) is 10.1 Å². The van der Waals surface area contributed by atoms with E-state index in [0.29, 0.717) is 29.5 Å². The summed E-state index contributed by atoms with van der Waals surface area (Å²) in [5.74, 6) is -0.202. The Hall–Kier alpha value is -3.81. The second-order valence-electron chi connectivity index (χ2n) is 7.98. The largest absolute Gasteiger partial charge is 0.395 e. The van der Waals surface area contributed by atoms with E-state index < -0.39 is 6.03 Å². The molecular formula is C24H24N6O3S. The first-order chi connectivity index (χ1) is 16.4. The fourth-order valence-electron chi connectivity index (χ4n) is 3.88. The molecule has 0 spiro atoms. The Morgan fingerprint density at radius 2 is 1.94 bits per heavy atom. The fourth-order valence-corrected chi connectivity index (χ4v) is 4.84. The summed E-state index contributed by atoms with van der Waals surface area (Å²) in [5.41, 5.74) is 4.60. The van der Waals surface area contributed by atoms with Gasteiger partial charge in [-0.15, -0.1) is 0 Å². The highest BCUT2D eigenvalue weighted by Crippen LogP contribution is 2.39. The Balaban J connectivity index is 1.65. The number of urea groups is 1. The number of pyridine rings is 1. The molecule has 174 valence electrons. The summed E-state index contributed by atoms with van der Waals surface area (Å²) in [7, 11) is 0. The summed E-state index contributed by atoms with van der Waals surface area (Å²) in [4.78, 5) is 38.1. The monoisotopic (exact) mass is 476 g/mol. The normalized spacial score (nSPS) is 13.6. The van der Waals surface area contributed by atoms with Gasteiger partial charge in [0.2, 0.25) is 5.91 Å². The van der Waals surface area contributed by atoms with Gasteiger partial charge < -0.3 is 14.9 Å². The first-order valence-corrected chi connectivity index (χ1v) is 11.6. The maximum absolute atomic E-state index is 12.9. The summed E-state index contributed by atoms with van der Waals surface area (Å²) in [6.07, 6.45) is 0. The third-order valence-corrected chi connectivity index (χ3v) is 6.45. The lowest BCUT2D eigenvalue weighted by atomic mass is 10.0. The molecule has 34 heavy (non-hydrogen) atoms. The van der Waals surface area contributed by atoms with Crippen molar-refractivity contribution in [3.05, 3.63) is 53.3 Å². The summed E-state index contributed by atoms with van der Waals surface area (Å²) in [6.45, 7) is 4.69. The smallest absolute Gasteiger partial charge is 0.324 e. The summed E-state index contributed by atoms with van der Waals surface area (Å²) in [6, 6.07) is 12.8. The number of anilines is 1. The number of aliphatic hydroxyl groups is 1. The molecule has 3 amide bonds. The molecule has 4 rings (SSSR count). The number of nitrogens with zero attached hydrogens (tertiary/aromatic N) is 5. The molecule has 0 radical (unpaired) electrons. The van der Waals surface area contributed by atoms with Gasteiger partial charge in [0.05, 0.1) is 28.8 Å². The number of aryl methyl sites for hydroxylation is 2. The summed E-state index contributed by atoms with van der Waals surface area (Å²) < 4.78 is 0. The number of piperazine rings is 1. The lowest BCUT2D eigenvalue weighted by Gasteiger charge is -2.33. The van der Waals surface area contributed by atoms with Gasteiger partial charge in [-0.25, -0.2) is 9.78 Å². The topological polar surface area (TPSA) is 122 Å². The van der Waals surface area contributed by atoms with Crippen LogP contribution in [0.4, 0.5) is 9.93 Å². The van der Waals surface area contributed by atoms with Crippen LogP contribution < -0.4 is 5.32 Å². The average molecular weight is 477 g/mol. The second kappa shape index (κ2) is 9.99. The number of benzene rings is 1. The molecule has 0 unspecified atom stereocenters. The molecule has 10 heteroatoms. The van der Waals surface area contributed by atoms with Crippen LogP contribution in [0.3, 0.4) is 0 Å². The van der Waals surface area contributed by atoms with E-state index in [1.54, 1.807) is 23.1 Å². The van der Waals surface area contributed by atoms with Crippen LogP contribution in [0.5, 0.6) is 0 Å². The van der Waals surface area contributed by atoms with Crippen molar-refractivity contribution in [1.29, 1.82) is 5.26 Å². The summed E-state index contributed by atoms with van der Waals surface area (Å²) in [5, 5.41) is 21.6. The highest BCUT2D eigenvalue weighted by molar-refractivity contribution is 7.19. The van der Waals surface area contributed by atoms with E-state index in [1.165, 1.54) is 16.2 Å². The van der Waals surface area contributed by atoms with E-state index >= 15 is 0 Å². The standard InChI is InChI=1S/C24H24N6O3S/c1-15-10-19(11-16(2)26-15)22-21(18-5-3-4-17(12-18)13-25)27-23(34-22)28-24(33)30-7-6-29(8-9-31)20(32)14-30/h3-5,10-12,31H,6-9,14H2,1-2H3,(H,27,28,33). The number of aromatic nitrogens is 2. The van der Waals surface area contributed by atoms with Crippen molar-refractivity contribution in [1.82, 2.24) is 19.8 Å². The van der Waals surface area contributed by atoms with Crippen LogP contribution in [-0.4, -0.2) is 69.6 Å². The fraction of sp³-hybridized carbons (Fsp3) is 0.292. The van der Waals surface area contributed by atoms with E-state index in [9.17, 15) is 14.9 Å². The number of rotatable bonds is 5. The van der Waals surface area contributed by atoms with Crippen LogP contribution in [0.1, 0.15) is 17.0 Å². The minimum Gasteiger partial charge on any atom is -0.395 e. The van der Waals surface area contributed by atoms with E-state index in [0.717, 1.165) is 27.4 Å². The van der Waals surface area contributed by atoms with E-state index in [-0.39, 0.29) is 25.6 Å². The Bertz CT molecular complexity index is 1260. The van der Waals surface area contributed by atoms with Crippen LogP contribution in [0, 0.1) is 25.2 Å². The Morgan fingerprint density at radius 3 is 2.62 bits per heavy atom. The van der Waals surface area contributed by atoms with Gasteiger partial charge in [0.1, 0.15) is 6.54 Å². The molecule has 0 aliphatic carbocycles. The van der Waals surface area contributed by atoms with Crippen molar-refractivity contribution < 1.29 is 14.7 Å². The van der Waals surface area contributed by atoms with Gasteiger partial charge in [-0.2, -0.15) is 5.26 Å². The van der Waals surface area contributed by atoms with Crippen LogP contribution >= 0.6 is 11.3 Å². The van der Waals surface area contributed by atoms with Gasteiger partial charge in [0, 0.05) is 36.6 Å². The van der Waals surface area contributed by atoms with Crippen LogP contribution in [-0.2, 0) is 4.79 Å². The van der Waals surface area contributed by atoms with Gasteiger partial charge >= 0.3 is 6.03 Å². The lowest BCUT2D eigenvalue weighted by Crippen LogP contribution is -2.53. The maximum atomic E-state index is 12.9. The quantitative estimate of drug-likeness (QED) is 0.584. The van der Waals surface area contributed by atoms with Crippen molar-refractivity contribution in [3.63, 3.8) is 0 Å². The van der Waals surface area contributed by atoms with Crippen molar-refractivity contribution in [2.24, 2.45) is 0 Å². The number of thiazole rings is 1.